The van der Waals surface area contributed by atoms with Crippen molar-refractivity contribution in [3.05, 3.63) is 58.4 Å². The molecule has 2 N–H and O–H groups in total. The Morgan fingerprint density at radius 1 is 1.20 bits per heavy atom. The molecule has 0 aliphatic heterocycles. The van der Waals surface area contributed by atoms with Crippen LogP contribution in [0, 0.1) is 5.82 Å². The smallest absolute Gasteiger partial charge is 0.125 e. The zero-order valence-corrected chi connectivity index (χ0v) is 11.6. The number of hydrogen-bond donors (Lipinski definition) is 2. The van der Waals surface area contributed by atoms with Crippen LogP contribution >= 0.6 is 11.6 Å². The summed E-state index contributed by atoms with van der Waals surface area (Å²) in [5.41, 5.74) is 2.88. The molecule has 0 heterocycles. The van der Waals surface area contributed by atoms with E-state index in [1.54, 1.807) is 18.2 Å². The summed E-state index contributed by atoms with van der Waals surface area (Å²) in [5, 5.41) is 13.4. The van der Waals surface area contributed by atoms with Crippen LogP contribution in [-0.2, 0) is 6.42 Å². The van der Waals surface area contributed by atoms with Crippen molar-refractivity contribution in [3.8, 4) is 5.75 Å². The molecule has 0 amide bonds. The van der Waals surface area contributed by atoms with Crippen LogP contribution in [0.1, 0.15) is 30.0 Å². The lowest BCUT2D eigenvalue weighted by molar-refractivity contribution is 0.471. The molecule has 1 atom stereocenters. The topological polar surface area (TPSA) is 32.3 Å². The van der Waals surface area contributed by atoms with Gasteiger partial charge in [0.25, 0.3) is 0 Å². The summed E-state index contributed by atoms with van der Waals surface area (Å²) in [6.45, 7) is 0. The maximum Gasteiger partial charge on any atom is 0.125 e. The number of aryl methyl sites for hydroxylation is 1. The molecule has 104 valence electrons. The minimum Gasteiger partial charge on any atom is -0.508 e. The number of phenolic OH excluding ortho intramolecular Hbond substituents is 1. The number of fused-ring (bicyclic) bond motifs is 1. The molecule has 0 saturated carbocycles. The van der Waals surface area contributed by atoms with Gasteiger partial charge in [-0.15, -0.1) is 0 Å². The second kappa shape index (κ2) is 5.33. The van der Waals surface area contributed by atoms with Gasteiger partial charge in [-0.1, -0.05) is 17.7 Å². The molecule has 3 rings (SSSR count). The highest BCUT2D eigenvalue weighted by molar-refractivity contribution is 6.33. The number of hydrogen-bond acceptors (Lipinski definition) is 2. The summed E-state index contributed by atoms with van der Waals surface area (Å²) >= 11 is 6.10. The number of aromatic hydroxyl groups is 1. The predicted molar refractivity (Wildman–Crippen MR) is 78.8 cm³/mol. The van der Waals surface area contributed by atoms with Gasteiger partial charge in [0, 0.05) is 0 Å². The molecular formula is C16H15ClFNO. The Morgan fingerprint density at radius 2 is 2.05 bits per heavy atom. The van der Waals surface area contributed by atoms with E-state index in [2.05, 4.69) is 5.32 Å². The average Bonchev–Trinajstić information content (AvgIpc) is 2.43. The van der Waals surface area contributed by atoms with Gasteiger partial charge in [0.1, 0.15) is 11.6 Å². The lowest BCUT2D eigenvalue weighted by Crippen LogP contribution is -2.17. The van der Waals surface area contributed by atoms with Crippen LogP contribution in [0.5, 0.6) is 5.75 Å². The molecule has 1 aliphatic rings. The molecule has 1 unspecified atom stereocenters. The molecule has 4 heteroatoms. The summed E-state index contributed by atoms with van der Waals surface area (Å²) in [6.07, 6.45) is 3.00. The molecule has 2 aromatic carbocycles. The maximum absolute atomic E-state index is 13.3. The van der Waals surface area contributed by atoms with E-state index < -0.39 is 0 Å². The molecule has 0 saturated heterocycles. The Bertz CT molecular complexity index is 644. The van der Waals surface area contributed by atoms with Gasteiger partial charge in [0.2, 0.25) is 0 Å². The second-order valence-electron chi connectivity index (χ2n) is 5.10. The zero-order chi connectivity index (χ0) is 14.1. The highest BCUT2D eigenvalue weighted by Gasteiger charge is 2.21. The minimum absolute atomic E-state index is 0.0464. The molecule has 0 fully saturated rings. The summed E-state index contributed by atoms with van der Waals surface area (Å²) in [6, 6.07) is 9.77. The van der Waals surface area contributed by atoms with Crippen LogP contribution < -0.4 is 5.32 Å². The van der Waals surface area contributed by atoms with E-state index in [0.717, 1.165) is 24.8 Å². The largest absolute Gasteiger partial charge is 0.508 e. The molecule has 0 spiro atoms. The fourth-order valence-electron chi connectivity index (χ4n) is 2.73. The molecule has 0 radical (unpaired) electrons. The van der Waals surface area contributed by atoms with Crippen molar-refractivity contribution in [1.82, 2.24) is 0 Å². The van der Waals surface area contributed by atoms with Crippen LogP contribution in [0.3, 0.4) is 0 Å². The molecule has 0 aromatic heterocycles. The Hall–Kier alpha value is -1.74. The Labute approximate surface area is 122 Å². The Morgan fingerprint density at radius 3 is 2.90 bits per heavy atom. The Balaban J connectivity index is 1.93. The number of halogens is 2. The molecule has 0 bridgehead atoms. The minimum atomic E-state index is -0.316. The molecular weight excluding hydrogens is 277 g/mol. The highest BCUT2D eigenvalue weighted by Crippen LogP contribution is 2.36. The fraction of sp³-hybridized carbons (Fsp3) is 0.250. The van der Waals surface area contributed by atoms with Crippen molar-refractivity contribution >= 4 is 17.3 Å². The van der Waals surface area contributed by atoms with Crippen molar-refractivity contribution < 1.29 is 9.50 Å². The monoisotopic (exact) mass is 291 g/mol. The van der Waals surface area contributed by atoms with Gasteiger partial charge in [-0.25, -0.2) is 4.39 Å². The van der Waals surface area contributed by atoms with Gasteiger partial charge in [0.05, 0.1) is 16.8 Å². The SMILES string of the molecule is Oc1ccc2c(c1)C(Nc1cc(F)ccc1Cl)CCC2. The molecule has 2 aromatic rings. The van der Waals surface area contributed by atoms with Crippen molar-refractivity contribution in [1.29, 1.82) is 0 Å². The van der Waals surface area contributed by atoms with Gasteiger partial charge >= 0.3 is 0 Å². The van der Waals surface area contributed by atoms with Crippen molar-refractivity contribution in [2.45, 2.75) is 25.3 Å². The van der Waals surface area contributed by atoms with E-state index in [0.29, 0.717) is 10.7 Å². The summed E-state index contributed by atoms with van der Waals surface area (Å²) in [5.74, 6) is -0.0633. The number of benzene rings is 2. The number of nitrogens with one attached hydrogen (secondary N) is 1. The predicted octanol–water partition coefficient (Wildman–Crippen LogP) is 4.67. The maximum atomic E-state index is 13.3. The van der Waals surface area contributed by atoms with Crippen LogP contribution in [0.4, 0.5) is 10.1 Å². The third-order valence-corrected chi connectivity index (χ3v) is 4.03. The van der Waals surface area contributed by atoms with Crippen molar-refractivity contribution in [3.63, 3.8) is 0 Å². The first-order chi connectivity index (χ1) is 9.63. The van der Waals surface area contributed by atoms with Gasteiger partial charge in [0.15, 0.2) is 0 Å². The van der Waals surface area contributed by atoms with Crippen LogP contribution in [0.25, 0.3) is 0 Å². The van der Waals surface area contributed by atoms with E-state index in [9.17, 15) is 9.50 Å². The first kappa shape index (κ1) is 13.3. The first-order valence-electron chi connectivity index (χ1n) is 6.67. The fourth-order valence-corrected chi connectivity index (χ4v) is 2.90. The zero-order valence-electron chi connectivity index (χ0n) is 10.9. The van der Waals surface area contributed by atoms with Crippen LogP contribution in [0.2, 0.25) is 5.02 Å². The van der Waals surface area contributed by atoms with Crippen LogP contribution in [0.15, 0.2) is 36.4 Å². The first-order valence-corrected chi connectivity index (χ1v) is 7.04. The van der Waals surface area contributed by atoms with Gasteiger partial charge < -0.3 is 10.4 Å². The summed E-state index contributed by atoms with van der Waals surface area (Å²) in [4.78, 5) is 0. The van der Waals surface area contributed by atoms with E-state index >= 15 is 0 Å². The third kappa shape index (κ3) is 2.59. The normalized spacial score (nSPS) is 17.6. The lowest BCUT2D eigenvalue weighted by atomic mass is 9.87. The standard InChI is InChI=1S/C16H15ClFNO/c17-14-7-5-11(18)8-16(14)19-15-3-1-2-10-4-6-12(20)9-13(10)15/h4-9,15,19-20H,1-3H2. The van der Waals surface area contributed by atoms with E-state index in [1.807, 2.05) is 6.07 Å². The average molecular weight is 292 g/mol. The third-order valence-electron chi connectivity index (χ3n) is 3.70. The summed E-state index contributed by atoms with van der Waals surface area (Å²) < 4.78 is 13.3. The highest BCUT2D eigenvalue weighted by atomic mass is 35.5. The van der Waals surface area contributed by atoms with Gasteiger partial charge in [-0.3, -0.25) is 0 Å². The quantitative estimate of drug-likeness (QED) is 0.842. The number of anilines is 1. The van der Waals surface area contributed by atoms with Crippen molar-refractivity contribution in [2.24, 2.45) is 0 Å². The number of rotatable bonds is 2. The second-order valence-corrected chi connectivity index (χ2v) is 5.50. The molecule has 1 aliphatic carbocycles. The molecule has 20 heavy (non-hydrogen) atoms. The van der Waals surface area contributed by atoms with Gasteiger partial charge in [-0.05, 0) is 60.7 Å². The Kier molecular flexibility index (Phi) is 3.53. The van der Waals surface area contributed by atoms with Crippen LogP contribution in [-0.4, -0.2) is 5.11 Å². The van der Waals surface area contributed by atoms with Crippen molar-refractivity contribution in [2.75, 3.05) is 5.32 Å². The van der Waals surface area contributed by atoms with E-state index in [4.69, 9.17) is 11.6 Å². The lowest BCUT2D eigenvalue weighted by Gasteiger charge is -2.27. The summed E-state index contributed by atoms with van der Waals surface area (Å²) in [7, 11) is 0. The van der Waals surface area contributed by atoms with E-state index in [-0.39, 0.29) is 17.6 Å². The van der Waals surface area contributed by atoms with Gasteiger partial charge in [-0.2, -0.15) is 0 Å². The van der Waals surface area contributed by atoms with E-state index in [1.165, 1.54) is 17.7 Å². The number of phenols is 1. The molecule has 2 nitrogen and oxygen atoms in total.